The van der Waals surface area contributed by atoms with E-state index in [4.69, 9.17) is 0 Å². The van der Waals surface area contributed by atoms with Crippen molar-refractivity contribution >= 4 is 17.5 Å². The van der Waals surface area contributed by atoms with Crippen molar-refractivity contribution in [2.24, 2.45) is 0 Å². The number of anilines is 1. The second-order valence-corrected chi connectivity index (χ2v) is 5.99. The van der Waals surface area contributed by atoms with Crippen LogP contribution >= 0.6 is 0 Å². The zero-order valence-corrected chi connectivity index (χ0v) is 14.3. The Morgan fingerprint density at radius 1 is 1.17 bits per heavy atom. The fourth-order valence-corrected chi connectivity index (χ4v) is 2.33. The van der Waals surface area contributed by atoms with Crippen LogP contribution in [0, 0.1) is 0 Å². The zero-order valence-electron chi connectivity index (χ0n) is 14.3. The Morgan fingerprint density at radius 3 is 2.42 bits per heavy atom. The molecule has 0 atom stereocenters. The van der Waals surface area contributed by atoms with E-state index in [2.05, 4.69) is 24.1 Å². The summed E-state index contributed by atoms with van der Waals surface area (Å²) >= 11 is 0. The van der Waals surface area contributed by atoms with Crippen molar-refractivity contribution in [2.75, 3.05) is 11.4 Å². The molecule has 0 bridgehead atoms. The van der Waals surface area contributed by atoms with Gasteiger partial charge in [-0.25, -0.2) is 0 Å². The first kappa shape index (κ1) is 17.7. The van der Waals surface area contributed by atoms with Gasteiger partial charge in [0.1, 0.15) is 6.54 Å². The van der Waals surface area contributed by atoms with Crippen LogP contribution in [0.1, 0.15) is 37.8 Å². The van der Waals surface area contributed by atoms with Gasteiger partial charge in [-0.15, -0.1) is 0 Å². The molecule has 2 aromatic rings. The lowest BCUT2D eigenvalue weighted by atomic mass is 10.0. The zero-order chi connectivity index (χ0) is 17.5. The molecule has 2 amide bonds. The molecule has 0 spiro atoms. The number of pyridine rings is 1. The number of carbonyl (C=O) groups is 2. The molecule has 1 aromatic heterocycles. The van der Waals surface area contributed by atoms with Gasteiger partial charge in [0.2, 0.25) is 11.8 Å². The molecular weight excluding hydrogens is 302 g/mol. The number of rotatable bonds is 6. The minimum atomic E-state index is -0.206. The van der Waals surface area contributed by atoms with Gasteiger partial charge in [-0.1, -0.05) is 32.0 Å². The number of aromatic nitrogens is 1. The third-order valence-corrected chi connectivity index (χ3v) is 3.77. The third-order valence-electron chi connectivity index (χ3n) is 3.77. The Kier molecular flexibility index (Phi) is 6.07. The third kappa shape index (κ3) is 4.91. The summed E-state index contributed by atoms with van der Waals surface area (Å²) in [5, 5.41) is 2.81. The molecule has 126 valence electrons. The van der Waals surface area contributed by atoms with Crippen LogP contribution in [0.5, 0.6) is 0 Å². The van der Waals surface area contributed by atoms with Crippen molar-refractivity contribution in [1.82, 2.24) is 10.3 Å². The molecule has 5 nitrogen and oxygen atoms in total. The summed E-state index contributed by atoms with van der Waals surface area (Å²) in [6, 6.07) is 11.4. The predicted molar refractivity (Wildman–Crippen MR) is 94.6 cm³/mol. The van der Waals surface area contributed by atoms with Gasteiger partial charge in [0.15, 0.2) is 0 Å². The average Bonchev–Trinajstić information content (AvgIpc) is 2.58. The molecule has 2 rings (SSSR count). The number of nitrogens with one attached hydrogen (secondary N) is 1. The Bertz CT molecular complexity index is 682. The fourth-order valence-electron chi connectivity index (χ4n) is 2.33. The smallest absolute Gasteiger partial charge is 0.240 e. The molecule has 0 saturated carbocycles. The molecule has 1 heterocycles. The molecular formula is C19H23N3O2. The van der Waals surface area contributed by atoms with E-state index >= 15 is 0 Å². The molecule has 0 fully saturated rings. The lowest BCUT2D eigenvalue weighted by Crippen LogP contribution is -2.39. The van der Waals surface area contributed by atoms with Crippen LogP contribution < -0.4 is 10.2 Å². The highest BCUT2D eigenvalue weighted by Gasteiger charge is 2.16. The quantitative estimate of drug-likeness (QED) is 0.888. The molecule has 0 saturated heterocycles. The van der Waals surface area contributed by atoms with Gasteiger partial charge in [0, 0.05) is 31.5 Å². The molecule has 0 aliphatic carbocycles. The van der Waals surface area contributed by atoms with Gasteiger partial charge in [0.05, 0.1) is 0 Å². The highest BCUT2D eigenvalue weighted by atomic mass is 16.2. The van der Waals surface area contributed by atoms with Crippen molar-refractivity contribution in [3.05, 3.63) is 59.9 Å². The topological polar surface area (TPSA) is 62.3 Å². The minimum absolute atomic E-state index is 0.00335. The molecule has 24 heavy (non-hydrogen) atoms. The number of benzene rings is 1. The highest BCUT2D eigenvalue weighted by molar-refractivity contribution is 5.97. The Hall–Kier alpha value is -2.69. The summed E-state index contributed by atoms with van der Waals surface area (Å²) < 4.78 is 0. The van der Waals surface area contributed by atoms with Crippen LogP contribution in [-0.4, -0.2) is 23.3 Å². The Labute approximate surface area is 142 Å². The van der Waals surface area contributed by atoms with E-state index in [0.29, 0.717) is 12.5 Å². The van der Waals surface area contributed by atoms with E-state index in [0.717, 1.165) is 11.3 Å². The first-order chi connectivity index (χ1) is 11.5. The van der Waals surface area contributed by atoms with E-state index < -0.39 is 0 Å². The number of hydrogen-bond acceptors (Lipinski definition) is 3. The molecule has 0 radical (unpaired) electrons. The van der Waals surface area contributed by atoms with E-state index in [-0.39, 0.29) is 18.4 Å². The van der Waals surface area contributed by atoms with E-state index in [1.54, 1.807) is 12.4 Å². The second kappa shape index (κ2) is 8.24. The highest BCUT2D eigenvalue weighted by Crippen LogP contribution is 2.20. The minimum Gasteiger partial charge on any atom is -0.350 e. The molecule has 1 aromatic carbocycles. The second-order valence-electron chi connectivity index (χ2n) is 5.99. The Balaban J connectivity index is 2.00. The van der Waals surface area contributed by atoms with Gasteiger partial charge in [0.25, 0.3) is 0 Å². The van der Waals surface area contributed by atoms with Crippen molar-refractivity contribution in [3.8, 4) is 0 Å². The van der Waals surface area contributed by atoms with Crippen molar-refractivity contribution in [3.63, 3.8) is 0 Å². The van der Waals surface area contributed by atoms with E-state index in [1.165, 1.54) is 17.4 Å². The standard InChI is InChI=1S/C19H23N3O2/c1-14(2)17-6-8-18(9-7-17)22(15(3)23)13-19(24)21-12-16-5-4-10-20-11-16/h4-11,14H,12-13H2,1-3H3,(H,21,24). The van der Waals surface area contributed by atoms with Crippen LogP contribution in [0.4, 0.5) is 5.69 Å². The van der Waals surface area contributed by atoms with Crippen molar-refractivity contribution in [1.29, 1.82) is 0 Å². The normalized spacial score (nSPS) is 10.5. The maximum absolute atomic E-state index is 12.2. The molecule has 0 aliphatic rings. The van der Waals surface area contributed by atoms with Gasteiger partial charge < -0.3 is 10.2 Å². The van der Waals surface area contributed by atoms with Crippen LogP contribution in [0.25, 0.3) is 0 Å². The lowest BCUT2D eigenvalue weighted by molar-refractivity contribution is -0.123. The maximum Gasteiger partial charge on any atom is 0.240 e. The fraction of sp³-hybridized carbons (Fsp3) is 0.316. The van der Waals surface area contributed by atoms with Crippen molar-refractivity contribution < 1.29 is 9.59 Å². The van der Waals surface area contributed by atoms with Crippen molar-refractivity contribution in [2.45, 2.75) is 33.2 Å². The number of amides is 2. The first-order valence-electron chi connectivity index (χ1n) is 8.01. The summed E-state index contributed by atoms with van der Waals surface area (Å²) in [5.74, 6) is 0.0541. The van der Waals surface area contributed by atoms with Crippen LogP contribution in [0.3, 0.4) is 0 Å². The molecule has 0 unspecified atom stereocenters. The summed E-state index contributed by atoms with van der Waals surface area (Å²) in [7, 11) is 0. The summed E-state index contributed by atoms with van der Waals surface area (Å²) in [6.45, 7) is 6.08. The SMILES string of the molecule is CC(=O)N(CC(=O)NCc1cccnc1)c1ccc(C(C)C)cc1. The summed E-state index contributed by atoms with van der Waals surface area (Å²) in [5.41, 5.74) is 2.84. The molecule has 0 aliphatic heterocycles. The van der Waals surface area contributed by atoms with E-state index in [9.17, 15) is 9.59 Å². The Morgan fingerprint density at radius 2 is 1.88 bits per heavy atom. The van der Waals surface area contributed by atoms with Gasteiger partial charge >= 0.3 is 0 Å². The first-order valence-corrected chi connectivity index (χ1v) is 8.01. The van der Waals surface area contributed by atoms with E-state index in [1.807, 2.05) is 36.4 Å². The monoisotopic (exact) mass is 325 g/mol. The lowest BCUT2D eigenvalue weighted by Gasteiger charge is -2.21. The van der Waals surface area contributed by atoms with Gasteiger partial charge in [-0.05, 0) is 35.2 Å². The van der Waals surface area contributed by atoms with Gasteiger partial charge in [-0.2, -0.15) is 0 Å². The summed E-state index contributed by atoms with van der Waals surface area (Å²) in [4.78, 5) is 29.5. The number of hydrogen-bond donors (Lipinski definition) is 1. The van der Waals surface area contributed by atoms with Crippen LogP contribution in [0.2, 0.25) is 0 Å². The molecule has 1 N–H and O–H groups in total. The predicted octanol–water partition coefficient (Wildman–Crippen LogP) is 2.87. The van der Waals surface area contributed by atoms with Gasteiger partial charge in [-0.3, -0.25) is 14.6 Å². The van der Waals surface area contributed by atoms with Crippen LogP contribution in [0.15, 0.2) is 48.8 Å². The maximum atomic E-state index is 12.2. The number of nitrogens with zero attached hydrogens (tertiary/aromatic N) is 2. The largest absolute Gasteiger partial charge is 0.350 e. The summed E-state index contributed by atoms with van der Waals surface area (Å²) in [6.07, 6.45) is 3.39. The van der Waals surface area contributed by atoms with Crippen LogP contribution in [-0.2, 0) is 16.1 Å². The molecule has 5 heteroatoms. The average molecular weight is 325 g/mol. The number of carbonyl (C=O) groups excluding carboxylic acids is 2.